The van der Waals surface area contributed by atoms with Crippen molar-refractivity contribution in [3.63, 3.8) is 0 Å². The lowest BCUT2D eigenvalue weighted by molar-refractivity contribution is -0.136. The second kappa shape index (κ2) is 10.4. The van der Waals surface area contributed by atoms with Crippen LogP contribution in [0.15, 0.2) is 103 Å². The van der Waals surface area contributed by atoms with E-state index >= 15 is 0 Å². The summed E-state index contributed by atoms with van der Waals surface area (Å²) in [5.74, 6) is 0.221. The van der Waals surface area contributed by atoms with Gasteiger partial charge in [0.2, 0.25) is 5.91 Å². The largest absolute Gasteiger partial charge is 0.334 e. The molecule has 0 aromatic heterocycles. The van der Waals surface area contributed by atoms with Crippen molar-refractivity contribution < 1.29 is 4.79 Å². The van der Waals surface area contributed by atoms with E-state index in [1.807, 2.05) is 6.07 Å². The van der Waals surface area contributed by atoms with Crippen molar-refractivity contribution in [2.24, 2.45) is 0 Å². The van der Waals surface area contributed by atoms with Gasteiger partial charge in [0.1, 0.15) is 0 Å². The number of benzene rings is 4. The summed E-state index contributed by atoms with van der Waals surface area (Å²) in [6.07, 6.45) is 2.79. The molecule has 6 rings (SSSR count). The molecule has 1 amide bonds. The lowest BCUT2D eigenvalue weighted by Crippen LogP contribution is -2.47. The first kappa shape index (κ1) is 23.7. The molecule has 0 spiro atoms. The summed E-state index contributed by atoms with van der Waals surface area (Å²) in [4.78, 5) is 18.8. The van der Waals surface area contributed by atoms with E-state index in [-0.39, 0.29) is 18.0 Å². The molecule has 0 radical (unpaired) electrons. The van der Waals surface area contributed by atoms with Crippen LogP contribution in [-0.2, 0) is 37.1 Å². The topological polar surface area (TPSA) is 23.6 Å². The third kappa shape index (κ3) is 5.10. The van der Waals surface area contributed by atoms with Gasteiger partial charge in [0.25, 0.3) is 0 Å². The van der Waals surface area contributed by atoms with Crippen LogP contribution in [0.3, 0.4) is 0 Å². The predicted octanol–water partition coefficient (Wildman–Crippen LogP) is 6.29. The van der Waals surface area contributed by atoms with Gasteiger partial charge in [-0.25, -0.2) is 0 Å². The summed E-state index contributed by atoms with van der Waals surface area (Å²) in [6.45, 7) is 4.02. The Balaban J connectivity index is 1.29. The van der Waals surface area contributed by atoms with E-state index in [2.05, 4.69) is 114 Å². The zero-order valence-electron chi connectivity index (χ0n) is 21.5. The monoisotopic (exact) mass is 486 g/mol. The highest BCUT2D eigenvalue weighted by atomic mass is 16.2. The summed E-state index contributed by atoms with van der Waals surface area (Å²) in [6, 6.07) is 37.0. The van der Waals surface area contributed by atoms with Crippen LogP contribution in [0, 0.1) is 6.92 Å². The standard InChI is InChI=1S/C34H34N2O/c1-25-10-9-17-30(18-25)33-21-29-15-7-8-16-31(29)23-35(33)24-34(37)36(22-26-11-3-2-4-12-26)32-19-27-13-5-6-14-28(27)20-32/h2-18,32-33H,19-24H2,1H3. The summed E-state index contributed by atoms with van der Waals surface area (Å²) in [5.41, 5.74) is 9.23. The summed E-state index contributed by atoms with van der Waals surface area (Å²) in [7, 11) is 0. The van der Waals surface area contributed by atoms with Crippen molar-refractivity contribution in [1.29, 1.82) is 0 Å². The Morgan fingerprint density at radius 2 is 1.38 bits per heavy atom. The van der Waals surface area contributed by atoms with Gasteiger partial charge in [0, 0.05) is 25.2 Å². The van der Waals surface area contributed by atoms with Crippen molar-refractivity contribution in [1.82, 2.24) is 9.80 Å². The highest BCUT2D eigenvalue weighted by molar-refractivity contribution is 5.79. The number of nitrogens with zero attached hydrogens (tertiary/aromatic N) is 2. The van der Waals surface area contributed by atoms with Crippen LogP contribution >= 0.6 is 0 Å². The van der Waals surface area contributed by atoms with Crippen molar-refractivity contribution in [3.05, 3.63) is 142 Å². The molecule has 4 aromatic carbocycles. The Labute approximate surface area is 220 Å². The number of hydrogen-bond donors (Lipinski definition) is 0. The highest BCUT2D eigenvalue weighted by Crippen LogP contribution is 2.34. The number of carbonyl (C=O) groups excluding carboxylic acids is 1. The maximum absolute atomic E-state index is 14.2. The molecular formula is C34H34N2O. The highest BCUT2D eigenvalue weighted by Gasteiger charge is 2.34. The first-order valence-corrected chi connectivity index (χ1v) is 13.4. The number of carbonyl (C=O) groups is 1. The van der Waals surface area contributed by atoms with Gasteiger partial charge < -0.3 is 4.90 Å². The van der Waals surface area contributed by atoms with Crippen LogP contribution in [-0.4, -0.2) is 28.3 Å². The van der Waals surface area contributed by atoms with Crippen LogP contribution in [0.25, 0.3) is 0 Å². The van der Waals surface area contributed by atoms with Crippen LogP contribution < -0.4 is 0 Å². The molecule has 0 bridgehead atoms. The van der Waals surface area contributed by atoms with Crippen molar-refractivity contribution in [2.45, 2.75) is 51.4 Å². The lowest BCUT2D eigenvalue weighted by atomic mass is 9.89. The average Bonchev–Trinajstić information content (AvgIpc) is 3.36. The Kier molecular flexibility index (Phi) is 6.63. The van der Waals surface area contributed by atoms with Gasteiger partial charge in [0.15, 0.2) is 0 Å². The van der Waals surface area contributed by atoms with Crippen LogP contribution in [0.2, 0.25) is 0 Å². The van der Waals surface area contributed by atoms with Gasteiger partial charge in [-0.3, -0.25) is 9.69 Å². The minimum Gasteiger partial charge on any atom is -0.334 e. The van der Waals surface area contributed by atoms with Crippen LogP contribution in [0.5, 0.6) is 0 Å². The Morgan fingerprint density at radius 3 is 2.05 bits per heavy atom. The van der Waals surface area contributed by atoms with Gasteiger partial charge in [0.05, 0.1) is 6.54 Å². The van der Waals surface area contributed by atoms with E-state index in [0.29, 0.717) is 13.1 Å². The quantitative estimate of drug-likeness (QED) is 0.320. The SMILES string of the molecule is Cc1cccc(C2Cc3ccccc3CN2CC(=O)N(Cc2ccccc2)C2Cc3ccccc3C2)c1. The number of hydrogen-bond acceptors (Lipinski definition) is 2. The van der Waals surface area contributed by atoms with Crippen molar-refractivity contribution in [3.8, 4) is 0 Å². The van der Waals surface area contributed by atoms with E-state index in [0.717, 1.165) is 25.8 Å². The van der Waals surface area contributed by atoms with Crippen molar-refractivity contribution in [2.75, 3.05) is 6.54 Å². The molecule has 0 saturated heterocycles. The van der Waals surface area contributed by atoms with Gasteiger partial charge in [-0.05, 0) is 59.6 Å². The Morgan fingerprint density at radius 1 is 0.757 bits per heavy atom. The predicted molar refractivity (Wildman–Crippen MR) is 149 cm³/mol. The molecule has 1 heterocycles. The fourth-order valence-corrected chi connectivity index (χ4v) is 6.17. The molecule has 3 heteroatoms. The second-order valence-corrected chi connectivity index (χ2v) is 10.6. The fraction of sp³-hybridized carbons (Fsp3) is 0.265. The molecule has 4 aromatic rings. The third-order valence-electron chi connectivity index (χ3n) is 8.10. The average molecular weight is 487 g/mol. The Bertz CT molecular complexity index is 1370. The zero-order chi connectivity index (χ0) is 25.2. The smallest absolute Gasteiger partial charge is 0.237 e. The van der Waals surface area contributed by atoms with Gasteiger partial charge in [-0.15, -0.1) is 0 Å². The molecule has 1 unspecified atom stereocenters. The van der Waals surface area contributed by atoms with E-state index in [1.54, 1.807) is 0 Å². The third-order valence-corrected chi connectivity index (χ3v) is 8.10. The molecule has 186 valence electrons. The first-order valence-electron chi connectivity index (χ1n) is 13.4. The summed E-state index contributed by atoms with van der Waals surface area (Å²) < 4.78 is 0. The van der Waals surface area contributed by atoms with Gasteiger partial charge in [-0.1, -0.05) is 109 Å². The number of amides is 1. The maximum atomic E-state index is 14.2. The van der Waals surface area contributed by atoms with E-state index in [1.165, 1.54) is 38.9 Å². The van der Waals surface area contributed by atoms with E-state index in [4.69, 9.17) is 0 Å². The number of rotatable bonds is 6. The molecule has 1 aliphatic carbocycles. The molecule has 1 aliphatic heterocycles. The lowest BCUT2D eigenvalue weighted by Gasteiger charge is -2.39. The molecular weight excluding hydrogens is 452 g/mol. The van der Waals surface area contributed by atoms with E-state index < -0.39 is 0 Å². The minimum atomic E-state index is 0.193. The first-order chi connectivity index (χ1) is 18.1. The molecule has 0 fully saturated rings. The maximum Gasteiger partial charge on any atom is 0.237 e. The van der Waals surface area contributed by atoms with Crippen LogP contribution in [0.4, 0.5) is 0 Å². The molecule has 37 heavy (non-hydrogen) atoms. The number of fused-ring (bicyclic) bond motifs is 2. The van der Waals surface area contributed by atoms with E-state index in [9.17, 15) is 4.79 Å². The molecule has 0 saturated carbocycles. The van der Waals surface area contributed by atoms with Gasteiger partial charge >= 0.3 is 0 Å². The molecule has 2 aliphatic rings. The fourth-order valence-electron chi connectivity index (χ4n) is 6.17. The zero-order valence-corrected chi connectivity index (χ0v) is 21.5. The molecule has 0 N–H and O–H groups in total. The summed E-state index contributed by atoms with van der Waals surface area (Å²) in [5, 5.41) is 0. The normalized spacial score (nSPS) is 17.3. The minimum absolute atomic E-state index is 0.193. The van der Waals surface area contributed by atoms with Crippen LogP contribution in [0.1, 0.15) is 45.0 Å². The second-order valence-electron chi connectivity index (χ2n) is 10.6. The molecule has 3 nitrogen and oxygen atoms in total. The Hall–Kier alpha value is -3.69. The van der Waals surface area contributed by atoms with Crippen molar-refractivity contribution >= 4 is 5.91 Å². The summed E-state index contributed by atoms with van der Waals surface area (Å²) >= 11 is 0. The van der Waals surface area contributed by atoms with Gasteiger partial charge in [-0.2, -0.15) is 0 Å². The number of aryl methyl sites for hydroxylation is 1. The molecule has 1 atom stereocenters.